The molecule has 0 unspecified atom stereocenters. The fourth-order valence-corrected chi connectivity index (χ4v) is 0.801. The van der Waals surface area contributed by atoms with Crippen molar-refractivity contribution in [3.05, 3.63) is 24.4 Å². The first kappa shape index (κ1) is 6.36. The van der Waals surface area contributed by atoms with Gasteiger partial charge < -0.3 is 10.0 Å². The van der Waals surface area contributed by atoms with E-state index in [9.17, 15) is 0 Å². The highest BCUT2D eigenvalue weighted by atomic mass is 16.3. The Balaban J connectivity index is 2.28. The molecule has 0 aromatic carbocycles. The minimum Gasteiger partial charge on any atom is -0.395 e. The molecular formula is C7H11NO. The van der Waals surface area contributed by atoms with Crippen molar-refractivity contribution in [1.29, 1.82) is 0 Å². The van der Waals surface area contributed by atoms with E-state index in [0.29, 0.717) is 0 Å². The van der Waals surface area contributed by atoms with Gasteiger partial charge in [0.15, 0.2) is 0 Å². The number of hydrogen-bond acceptors (Lipinski definition) is 2. The number of allylic oxidation sites excluding steroid dienone is 2. The second kappa shape index (κ2) is 3.30. The van der Waals surface area contributed by atoms with Crippen LogP contribution in [0.3, 0.4) is 0 Å². The van der Waals surface area contributed by atoms with Crippen molar-refractivity contribution < 1.29 is 5.11 Å². The molecule has 0 bridgehead atoms. The molecule has 0 radical (unpaired) electrons. The van der Waals surface area contributed by atoms with E-state index in [-0.39, 0.29) is 6.61 Å². The number of aliphatic hydroxyl groups excluding tert-OH is 1. The first-order valence-corrected chi connectivity index (χ1v) is 3.12. The molecule has 0 saturated heterocycles. The van der Waals surface area contributed by atoms with Crippen LogP contribution < -0.4 is 0 Å². The van der Waals surface area contributed by atoms with Gasteiger partial charge >= 0.3 is 0 Å². The zero-order valence-corrected chi connectivity index (χ0v) is 5.33. The van der Waals surface area contributed by atoms with E-state index in [4.69, 9.17) is 5.11 Å². The van der Waals surface area contributed by atoms with Gasteiger partial charge in [-0.05, 0) is 12.3 Å². The van der Waals surface area contributed by atoms with Gasteiger partial charge in [-0.25, -0.2) is 0 Å². The second-order valence-electron chi connectivity index (χ2n) is 1.99. The Bertz CT molecular complexity index is 129. The van der Waals surface area contributed by atoms with Crippen molar-refractivity contribution in [3.8, 4) is 0 Å². The minimum absolute atomic E-state index is 0.234. The Kier molecular flexibility index (Phi) is 2.33. The summed E-state index contributed by atoms with van der Waals surface area (Å²) in [4.78, 5) is 2.06. The second-order valence-corrected chi connectivity index (χ2v) is 1.99. The van der Waals surface area contributed by atoms with Gasteiger partial charge in [-0.1, -0.05) is 12.2 Å². The van der Waals surface area contributed by atoms with E-state index < -0.39 is 0 Å². The molecule has 0 aromatic rings. The van der Waals surface area contributed by atoms with E-state index in [1.165, 1.54) is 0 Å². The summed E-state index contributed by atoms with van der Waals surface area (Å²) in [7, 11) is 0. The average Bonchev–Trinajstić information content (AvgIpc) is 1.91. The molecule has 2 nitrogen and oxygen atoms in total. The van der Waals surface area contributed by atoms with Crippen LogP contribution in [0.4, 0.5) is 0 Å². The predicted molar refractivity (Wildman–Crippen MR) is 36.9 cm³/mol. The summed E-state index contributed by atoms with van der Waals surface area (Å²) in [5.41, 5.74) is 0. The molecule has 9 heavy (non-hydrogen) atoms. The largest absolute Gasteiger partial charge is 0.395 e. The van der Waals surface area contributed by atoms with Crippen molar-refractivity contribution >= 4 is 0 Å². The summed E-state index contributed by atoms with van der Waals surface area (Å²) >= 11 is 0. The lowest BCUT2D eigenvalue weighted by Gasteiger charge is -2.18. The Hall–Kier alpha value is -0.760. The number of rotatable bonds is 2. The number of hydrogen-bond donors (Lipinski definition) is 1. The molecule has 1 heterocycles. The summed E-state index contributed by atoms with van der Waals surface area (Å²) in [5.74, 6) is 0. The maximum atomic E-state index is 8.52. The van der Waals surface area contributed by atoms with Gasteiger partial charge in [0.2, 0.25) is 0 Å². The molecular weight excluding hydrogens is 114 g/mol. The van der Waals surface area contributed by atoms with Crippen molar-refractivity contribution in [3.63, 3.8) is 0 Å². The van der Waals surface area contributed by atoms with Crippen LogP contribution in [0.1, 0.15) is 0 Å². The monoisotopic (exact) mass is 125 g/mol. The maximum Gasteiger partial charge on any atom is 0.0606 e. The Morgan fingerprint density at radius 2 is 2.33 bits per heavy atom. The van der Waals surface area contributed by atoms with Crippen molar-refractivity contribution in [2.75, 3.05) is 19.7 Å². The molecule has 1 aliphatic heterocycles. The molecule has 0 fully saturated rings. The lowest BCUT2D eigenvalue weighted by Crippen LogP contribution is -2.22. The average molecular weight is 125 g/mol. The van der Waals surface area contributed by atoms with Crippen molar-refractivity contribution in [2.24, 2.45) is 0 Å². The van der Waals surface area contributed by atoms with Crippen LogP contribution >= 0.6 is 0 Å². The first-order valence-electron chi connectivity index (χ1n) is 3.12. The van der Waals surface area contributed by atoms with E-state index in [0.717, 1.165) is 13.1 Å². The number of β-amino-alcohol motifs (C(OH)–C–C–N with tert-alkyl or cyclic N) is 1. The zero-order valence-electron chi connectivity index (χ0n) is 5.33. The van der Waals surface area contributed by atoms with Crippen LogP contribution in [0.2, 0.25) is 0 Å². The molecule has 1 N–H and O–H groups in total. The molecule has 0 aromatic heterocycles. The van der Waals surface area contributed by atoms with Crippen LogP contribution in [0, 0.1) is 0 Å². The van der Waals surface area contributed by atoms with Crippen LogP contribution in [-0.4, -0.2) is 29.7 Å². The fourth-order valence-electron chi connectivity index (χ4n) is 0.801. The van der Waals surface area contributed by atoms with Gasteiger partial charge in [-0.15, -0.1) is 0 Å². The van der Waals surface area contributed by atoms with Crippen LogP contribution in [0.5, 0.6) is 0 Å². The molecule has 2 heteroatoms. The third kappa shape index (κ3) is 1.90. The summed E-state index contributed by atoms with van der Waals surface area (Å²) in [6.07, 6.45) is 8.03. The van der Waals surface area contributed by atoms with Gasteiger partial charge in [-0.2, -0.15) is 0 Å². The fraction of sp³-hybridized carbons (Fsp3) is 0.429. The molecule has 0 spiro atoms. The maximum absolute atomic E-state index is 8.52. The van der Waals surface area contributed by atoms with Gasteiger partial charge in [0.25, 0.3) is 0 Å². The van der Waals surface area contributed by atoms with E-state index in [2.05, 4.69) is 11.0 Å². The van der Waals surface area contributed by atoms with E-state index in [1.54, 1.807) is 0 Å². The quantitative estimate of drug-likeness (QED) is 0.576. The molecule has 50 valence electrons. The van der Waals surface area contributed by atoms with Gasteiger partial charge in [0.1, 0.15) is 0 Å². The van der Waals surface area contributed by atoms with E-state index in [1.807, 2.05) is 18.4 Å². The topological polar surface area (TPSA) is 23.5 Å². The highest BCUT2D eigenvalue weighted by Gasteiger charge is 1.95. The first-order chi connectivity index (χ1) is 4.43. The third-order valence-corrected chi connectivity index (χ3v) is 1.27. The smallest absolute Gasteiger partial charge is 0.0606 e. The molecule has 0 saturated carbocycles. The zero-order chi connectivity index (χ0) is 6.53. The summed E-state index contributed by atoms with van der Waals surface area (Å²) in [6, 6.07) is 0. The van der Waals surface area contributed by atoms with Gasteiger partial charge in [0.05, 0.1) is 6.61 Å². The number of nitrogens with zero attached hydrogens (tertiary/aromatic N) is 1. The number of aliphatic hydroxyl groups is 1. The SMILES string of the molecule is OCCN1C=CC=CC1. The third-order valence-electron chi connectivity index (χ3n) is 1.27. The minimum atomic E-state index is 0.234. The highest BCUT2D eigenvalue weighted by Crippen LogP contribution is 1.95. The van der Waals surface area contributed by atoms with Crippen molar-refractivity contribution in [1.82, 2.24) is 4.90 Å². The summed E-state index contributed by atoms with van der Waals surface area (Å²) in [5, 5.41) is 8.52. The normalized spacial score (nSPS) is 16.8. The predicted octanol–water partition coefficient (Wildman–Crippen LogP) is 0.364. The Morgan fingerprint density at radius 1 is 1.44 bits per heavy atom. The summed E-state index contributed by atoms with van der Waals surface area (Å²) < 4.78 is 0. The molecule has 1 rings (SSSR count). The van der Waals surface area contributed by atoms with E-state index >= 15 is 0 Å². The Labute approximate surface area is 55.1 Å². The molecule has 0 amide bonds. The van der Waals surface area contributed by atoms with Crippen LogP contribution in [0.25, 0.3) is 0 Å². The lowest BCUT2D eigenvalue weighted by atomic mass is 10.3. The van der Waals surface area contributed by atoms with Crippen molar-refractivity contribution in [2.45, 2.75) is 0 Å². The standard InChI is InChI=1S/C7H11NO/c9-7-6-8-4-2-1-3-5-8/h1-4,9H,5-7H2. The Morgan fingerprint density at radius 3 is 2.89 bits per heavy atom. The van der Waals surface area contributed by atoms with Crippen LogP contribution in [-0.2, 0) is 0 Å². The van der Waals surface area contributed by atoms with Gasteiger partial charge in [0, 0.05) is 13.1 Å². The lowest BCUT2D eigenvalue weighted by molar-refractivity contribution is 0.245. The molecule has 0 atom stereocenters. The molecule has 0 aliphatic carbocycles. The molecule has 1 aliphatic rings. The van der Waals surface area contributed by atoms with Crippen LogP contribution in [0.15, 0.2) is 24.4 Å². The van der Waals surface area contributed by atoms with Gasteiger partial charge in [-0.3, -0.25) is 0 Å². The highest BCUT2D eigenvalue weighted by molar-refractivity contribution is 5.08. The summed E-state index contributed by atoms with van der Waals surface area (Å²) in [6.45, 7) is 1.90.